The van der Waals surface area contributed by atoms with Crippen LogP contribution in [0.3, 0.4) is 0 Å². The van der Waals surface area contributed by atoms with Crippen LogP contribution in [0.15, 0.2) is 57.2 Å². The number of benzene rings is 2. The average Bonchev–Trinajstić information content (AvgIpc) is 3.41. The number of rotatable bonds is 7. The third kappa shape index (κ3) is 5.54. The molecule has 1 amide bonds. The Balaban J connectivity index is 1.41. The maximum absolute atomic E-state index is 12.8. The first kappa shape index (κ1) is 24.7. The monoisotopic (exact) mass is 533 g/mol. The minimum Gasteiger partial charge on any atom is -0.311 e. The molecular formula is C25H23N7O3S2. The molecule has 0 atom stereocenters. The van der Waals surface area contributed by atoms with Crippen LogP contribution in [0.2, 0.25) is 0 Å². The van der Waals surface area contributed by atoms with E-state index in [1.54, 1.807) is 0 Å². The Morgan fingerprint density at radius 1 is 1.03 bits per heavy atom. The number of fused-ring (bicyclic) bond motifs is 1. The van der Waals surface area contributed by atoms with Crippen molar-refractivity contribution in [3.63, 3.8) is 0 Å². The van der Waals surface area contributed by atoms with Gasteiger partial charge in [-0.3, -0.25) is 19.1 Å². The number of H-pyrrole nitrogens is 2. The molecule has 0 aliphatic heterocycles. The van der Waals surface area contributed by atoms with Gasteiger partial charge in [0.15, 0.2) is 10.3 Å². The number of nitrogens with zero attached hydrogens (tertiary/aromatic N) is 4. The fourth-order valence-corrected chi connectivity index (χ4v) is 5.61. The highest BCUT2D eigenvalue weighted by atomic mass is 32.2. The highest BCUT2D eigenvalue weighted by molar-refractivity contribution is 7.99. The molecular weight excluding hydrogens is 510 g/mol. The zero-order valence-electron chi connectivity index (χ0n) is 20.3. The zero-order valence-corrected chi connectivity index (χ0v) is 21.9. The summed E-state index contributed by atoms with van der Waals surface area (Å²) in [6.07, 6.45) is 0.178. The van der Waals surface area contributed by atoms with Gasteiger partial charge in [0.05, 0.1) is 21.7 Å². The van der Waals surface area contributed by atoms with Gasteiger partial charge in [-0.15, -0.1) is 10.2 Å². The quantitative estimate of drug-likeness (QED) is 0.272. The minimum absolute atomic E-state index is 0.0970. The third-order valence-corrected chi connectivity index (χ3v) is 7.46. The number of nitrogens with one attached hydrogen (secondary N) is 3. The van der Waals surface area contributed by atoms with Gasteiger partial charge in [0, 0.05) is 18.2 Å². The van der Waals surface area contributed by atoms with Crippen molar-refractivity contribution < 1.29 is 4.79 Å². The standard InChI is InChI=1S/C25H23N7O3S2/c1-13-4-6-15(3)18(8-13)32-20(10-16-11-21(33)28-23(35)26-16)30-31-25(32)36-12-22(34)29-24-27-17-7-5-14(2)9-19(17)37-24/h4-9,11H,10,12H2,1-3H3,(H,27,29,34)(H2,26,28,33,35). The van der Waals surface area contributed by atoms with Crippen LogP contribution < -0.4 is 16.6 Å². The number of aromatic nitrogens is 6. The van der Waals surface area contributed by atoms with Crippen LogP contribution >= 0.6 is 23.1 Å². The number of aromatic amines is 2. The van der Waals surface area contributed by atoms with Crippen LogP contribution in [0.25, 0.3) is 15.9 Å². The van der Waals surface area contributed by atoms with Crippen LogP contribution in [0.5, 0.6) is 0 Å². The Morgan fingerprint density at radius 3 is 2.62 bits per heavy atom. The normalized spacial score (nSPS) is 11.2. The van der Waals surface area contributed by atoms with E-state index in [1.165, 1.54) is 29.2 Å². The second-order valence-corrected chi connectivity index (χ2v) is 10.6. The van der Waals surface area contributed by atoms with E-state index in [9.17, 15) is 14.4 Å². The molecule has 37 heavy (non-hydrogen) atoms. The molecule has 0 radical (unpaired) electrons. The van der Waals surface area contributed by atoms with E-state index >= 15 is 0 Å². The molecule has 3 N–H and O–H groups in total. The maximum Gasteiger partial charge on any atom is 0.325 e. The van der Waals surface area contributed by atoms with Crippen molar-refractivity contribution >= 4 is 44.4 Å². The first-order valence-corrected chi connectivity index (χ1v) is 13.2. The fourth-order valence-electron chi connectivity index (χ4n) is 3.87. The summed E-state index contributed by atoms with van der Waals surface area (Å²) >= 11 is 2.68. The van der Waals surface area contributed by atoms with Gasteiger partial charge in [-0.1, -0.05) is 41.3 Å². The third-order valence-electron chi connectivity index (χ3n) is 5.59. The number of thioether (sulfide) groups is 1. The lowest BCUT2D eigenvalue weighted by Gasteiger charge is -2.13. The number of anilines is 1. The molecule has 0 aliphatic rings. The Bertz CT molecular complexity index is 1720. The van der Waals surface area contributed by atoms with Crippen molar-refractivity contribution in [3.05, 3.63) is 91.5 Å². The van der Waals surface area contributed by atoms with Crippen molar-refractivity contribution in [2.75, 3.05) is 11.1 Å². The van der Waals surface area contributed by atoms with Crippen LogP contribution in [-0.4, -0.2) is 41.4 Å². The molecule has 5 aromatic rings. The maximum atomic E-state index is 12.8. The predicted octanol–water partition coefficient (Wildman–Crippen LogP) is 3.50. The lowest BCUT2D eigenvalue weighted by Crippen LogP contribution is -2.23. The first-order valence-electron chi connectivity index (χ1n) is 11.4. The number of carbonyl (C=O) groups excluding carboxylic acids is 1. The Labute approximate surface area is 219 Å². The summed E-state index contributed by atoms with van der Waals surface area (Å²) in [7, 11) is 0. The first-order chi connectivity index (χ1) is 17.7. The predicted molar refractivity (Wildman–Crippen MR) is 145 cm³/mol. The molecule has 0 bridgehead atoms. The molecule has 0 unspecified atom stereocenters. The van der Waals surface area contributed by atoms with Gasteiger partial charge in [-0.2, -0.15) is 0 Å². The van der Waals surface area contributed by atoms with Crippen LogP contribution in [0.1, 0.15) is 28.2 Å². The van der Waals surface area contributed by atoms with Gasteiger partial charge in [0.1, 0.15) is 5.82 Å². The molecule has 0 aliphatic carbocycles. The smallest absolute Gasteiger partial charge is 0.311 e. The zero-order chi connectivity index (χ0) is 26.1. The summed E-state index contributed by atoms with van der Waals surface area (Å²) < 4.78 is 2.88. The molecule has 3 aromatic heterocycles. The van der Waals surface area contributed by atoms with Crippen LogP contribution in [0, 0.1) is 20.8 Å². The van der Waals surface area contributed by atoms with Crippen molar-refractivity contribution in [2.45, 2.75) is 32.3 Å². The molecule has 5 rings (SSSR count). The Kier molecular flexibility index (Phi) is 6.76. The second-order valence-electron chi connectivity index (χ2n) is 8.64. The molecule has 0 saturated heterocycles. The lowest BCUT2D eigenvalue weighted by atomic mass is 10.1. The summed E-state index contributed by atoms with van der Waals surface area (Å²) in [4.78, 5) is 45.6. The van der Waals surface area contributed by atoms with Crippen molar-refractivity contribution in [3.8, 4) is 5.69 Å². The molecule has 3 heterocycles. The molecule has 0 spiro atoms. The summed E-state index contributed by atoms with van der Waals surface area (Å²) in [5, 5.41) is 12.6. The van der Waals surface area contributed by atoms with E-state index in [1.807, 2.05) is 61.7 Å². The van der Waals surface area contributed by atoms with Crippen molar-refractivity contribution in [1.29, 1.82) is 0 Å². The van der Waals surface area contributed by atoms with Gasteiger partial charge >= 0.3 is 5.69 Å². The van der Waals surface area contributed by atoms with Crippen molar-refractivity contribution in [1.82, 2.24) is 29.7 Å². The number of hydrogen-bond acceptors (Lipinski definition) is 8. The number of hydrogen-bond donors (Lipinski definition) is 3. The molecule has 0 fully saturated rings. The average molecular weight is 534 g/mol. The SMILES string of the molecule is Cc1ccc(C)c(-n2c(Cc3cc(=O)[nH]c(=O)[nH]3)nnc2SCC(=O)Nc2nc3ccc(C)cc3s2)c1. The summed E-state index contributed by atoms with van der Waals surface area (Å²) in [6.45, 7) is 5.98. The second kappa shape index (κ2) is 10.1. The summed E-state index contributed by atoms with van der Waals surface area (Å²) in [6, 6.07) is 13.3. The van der Waals surface area contributed by atoms with Crippen LogP contribution in [0.4, 0.5) is 5.13 Å². The molecule has 2 aromatic carbocycles. The van der Waals surface area contributed by atoms with E-state index < -0.39 is 11.2 Å². The van der Waals surface area contributed by atoms with Gasteiger partial charge in [-0.25, -0.2) is 9.78 Å². The molecule has 0 saturated carbocycles. The van der Waals surface area contributed by atoms with E-state index in [-0.39, 0.29) is 18.1 Å². The molecule has 12 heteroatoms. The lowest BCUT2D eigenvalue weighted by molar-refractivity contribution is -0.113. The Hall–Kier alpha value is -4.03. The molecule has 10 nitrogen and oxygen atoms in total. The van der Waals surface area contributed by atoms with E-state index in [0.717, 1.165) is 32.6 Å². The molecule has 188 valence electrons. The van der Waals surface area contributed by atoms with Gasteiger partial charge < -0.3 is 10.3 Å². The number of carbonyl (C=O) groups is 1. The van der Waals surface area contributed by atoms with Crippen molar-refractivity contribution in [2.24, 2.45) is 0 Å². The van der Waals surface area contributed by atoms with Gasteiger partial charge in [-0.05, 0) is 55.7 Å². The topological polar surface area (TPSA) is 138 Å². The van der Waals surface area contributed by atoms with Gasteiger partial charge in [0.2, 0.25) is 5.91 Å². The fraction of sp³-hybridized carbons (Fsp3) is 0.200. The largest absolute Gasteiger partial charge is 0.325 e. The number of amides is 1. The van der Waals surface area contributed by atoms with E-state index in [0.29, 0.717) is 21.8 Å². The highest BCUT2D eigenvalue weighted by Crippen LogP contribution is 2.28. The van der Waals surface area contributed by atoms with E-state index in [4.69, 9.17) is 0 Å². The van der Waals surface area contributed by atoms with Gasteiger partial charge in [0.25, 0.3) is 5.56 Å². The number of thiazole rings is 1. The van der Waals surface area contributed by atoms with E-state index in [2.05, 4.69) is 30.5 Å². The minimum atomic E-state index is -0.587. The van der Waals surface area contributed by atoms with Crippen LogP contribution in [-0.2, 0) is 11.2 Å². The Morgan fingerprint density at radius 2 is 1.81 bits per heavy atom. The summed E-state index contributed by atoms with van der Waals surface area (Å²) in [5.41, 5.74) is 4.20. The summed E-state index contributed by atoms with van der Waals surface area (Å²) in [5.74, 6) is 0.413. The highest BCUT2D eigenvalue weighted by Gasteiger charge is 2.19. The number of aryl methyl sites for hydroxylation is 3.